The average molecular weight is 321 g/mol. The molecular weight excluding hydrogens is 302 g/mol. The van der Waals surface area contributed by atoms with Gasteiger partial charge in [0.15, 0.2) is 0 Å². The predicted octanol–water partition coefficient (Wildman–Crippen LogP) is 1.27. The molecule has 0 aliphatic carbocycles. The summed E-state index contributed by atoms with van der Waals surface area (Å²) in [5.74, 6) is 0.507. The first-order valence-corrected chi connectivity index (χ1v) is 7.77. The van der Waals surface area contributed by atoms with Crippen LogP contribution in [-0.2, 0) is 0 Å². The number of amides is 1. The third kappa shape index (κ3) is 2.74. The van der Waals surface area contributed by atoms with E-state index in [1.165, 1.54) is 4.90 Å². The second kappa shape index (κ2) is 6.10. The number of hydrogen-bond donors (Lipinski definition) is 1. The van der Waals surface area contributed by atoms with Crippen LogP contribution in [0.3, 0.4) is 0 Å². The lowest BCUT2D eigenvalue weighted by Gasteiger charge is -2.30. The Bertz CT molecular complexity index is 690. The Morgan fingerprint density at radius 2 is 2.00 bits per heavy atom. The van der Waals surface area contributed by atoms with E-state index in [-0.39, 0.29) is 5.91 Å². The number of rotatable bonds is 2. The molecule has 1 saturated heterocycles. The van der Waals surface area contributed by atoms with Crippen molar-refractivity contribution in [3.63, 3.8) is 0 Å². The number of likely N-dealkylation sites (N-methyl/N-ethyl adjacent to an activating group) is 1. The summed E-state index contributed by atoms with van der Waals surface area (Å²) in [6.07, 6.45) is 0. The van der Waals surface area contributed by atoms with Gasteiger partial charge in [-0.1, -0.05) is 35.0 Å². The predicted molar refractivity (Wildman–Crippen MR) is 84.2 cm³/mol. The summed E-state index contributed by atoms with van der Waals surface area (Å²) in [6.45, 7) is 5.17. The lowest BCUT2D eigenvalue weighted by Crippen LogP contribution is -3.12. The van der Waals surface area contributed by atoms with Gasteiger partial charge >= 0.3 is 0 Å². The van der Waals surface area contributed by atoms with E-state index < -0.39 is 0 Å². The minimum atomic E-state index is -0.0267. The van der Waals surface area contributed by atoms with Crippen molar-refractivity contribution in [2.45, 2.75) is 6.92 Å². The van der Waals surface area contributed by atoms with Crippen LogP contribution in [0.4, 0.5) is 0 Å². The van der Waals surface area contributed by atoms with Crippen molar-refractivity contribution in [2.24, 2.45) is 0 Å². The summed E-state index contributed by atoms with van der Waals surface area (Å²) in [6, 6.07) is 7.36. The zero-order valence-electron chi connectivity index (χ0n) is 12.7. The third-order valence-electron chi connectivity index (χ3n) is 4.11. The molecule has 1 aromatic heterocycles. The highest BCUT2D eigenvalue weighted by Gasteiger charge is 2.29. The highest BCUT2D eigenvalue weighted by atomic mass is 35.5. The van der Waals surface area contributed by atoms with E-state index in [4.69, 9.17) is 16.1 Å². The summed E-state index contributed by atoms with van der Waals surface area (Å²) >= 11 is 6.24. The summed E-state index contributed by atoms with van der Waals surface area (Å²) in [7, 11) is 2.14. The van der Waals surface area contributed by atoms with E-state index in [9.17, 15) is 4.79 Å². The van der Waals surface area contributed by atoms with Crippen LogP contribution in [0.15, 0.2) is 28.8 Å². The molecule has 1 aromatic carbocycles. The van der Waals surface area contributed by atoms with Gasteiger partial charge in [0.1, 0.15) is 17.0 Å². The Balaban J connectivity index is 1.96. The first-order valence-electron chi connectivity index (χ1n) is 7.39. The summed E-state index contributed by atoms with van der Waals surface area (Å²) in [5, 5.41) is 4.63. The molecule has 22 heavy (non-hydrogen) atoms. The fourth-order valence-corrected chi connectivity index (χ4v) is 2.94. The number of benzene rings is 1. The van der Waals surface area contributed by atoms with Crippen molar-refractivity contribution in [3.8, 4) is 11.3 Å². The molecule has 2 aromatic rings. The molecule has 0 unspecified atom stereocenters. The Kier molecular flexibility index (Phi) is 4.18. The number of nitrogens with zero attached hydrogens (tertiary/aromatic N) is 2. The SMILES string of the molecule is Cc1onc(-c2ccccc2Cl)c1C(=O)N1CC[NH+](C)CC1. The highest BCUT2D eigenvalue weighted by Crippen LogP contribution is 2.31. The quantitative estimate of drug-likeness (QED) is 0.907. The maximum atomic E-state index is 12.9. The molecule has 0 radical (unpaired) electrons. The number of aryl methyl sites for hydroxylation is 1. The Morgan fingerprint density at radius 3 is 2.68 bits per heavy atom. The molecule has 0 saturated carbocycles. The van der Waals surface area contributed by atoms with Crippen LogP contribution in [0, 0.1) is 6.92 Å². The van der Waals surface area contributed by atoms with Crippen molar-refractivity contribution in [1.29, 1.82) is 0 Å². The normalized spacial score (nSPS) is 16.0. The number of aromatic nitrogens is 1. The smallest absolute Gasteiger partial charge is 0.260 e. The van der Waals surface area contributed by atoms with Crippen molar-refractivity contribution >= 4 is 17.5 Å². The van der Waals surface area contributed by atoms with Gasteiger partial charge in [0.25, 0.3) is 5.91 Å². The summed E-state index contributed by atoms with van der Waals surface area (Å²) < 4.78 is 5.28. The molecule has 116 valence electrons. The van der Waals surface area contributed by atoms with Crippen LogP contribution in [0.5, 0.6) is 0 Å². The van der Waals surface area contributed by atoms with Crippen LogP contribution >= 0.6 is 11.6 Å². The van der Waals surface area contributed by atoms with Gasteiger partial charge in [0.2, 0.25) is 0 Å². The molecule has 1 N–H and O–H groups in total. The van der Waals surface area contributed by atoms with Crippen molar-refractivity contribution in [3.05, 3.63) is 40.6 Å². The standard InChI is InChI=1S/C16H18ClN3O2/c1-11-14(16(21)20-9-7-19(2)8-10-20)15(18-22-11)12-5-3-4-6-13(12)17/h3-6H,7-10H2,1-2H3/p+1. The van der Waals surface area contributed by atoms with Crippen molar-refractivity contribution in [2.75, 3.05) is 33.2 Å². The molecule has 6 heteroatoms. The highest BCUT2D eigenvalue weighted by molar-refractivity contribution is 6.33. The Labute approximate surface area is 134 Å². The van der Waals surface area contributed by atoms with E-state index in [1.807, 2.05) is 23.1 Å². The number of quaternary nitrogens is 1. The molecule has 0 atom stereocenters. The number of carbonyl (C=O) groups is 1. The van der Waals surface area contributed by atoms with Crippen LogP contribution in [-0.4, -0.2) is 49.2 Å². The molecule has 0 bridgehead atoms. The fourth-order valence-electron chi connectivity index (χ4n) is 2.71. The molecule has 1 aliphatic rings. The van der Waals surface area contributed by atoms with Gasteiger partial charge in [0, 0.05) is 5.56 Å². The fraction of sp³-hybridized carbons (Fsp3) is 0.375. The van der Waals surface area contributed by atoms with Gasteiger partial charge in [-0.15, -0.1) is 0 Å². The van der Waals surface area contributed by atoms with E-state index in [0.29, 0.717) is 22.0 Å². The van der Waals surface area contributed by atoms with Crippen LogP contribution in [0.1, 0.15) is 16.1 Å². The van der Waals surface area contributed by atoms with Gasteiger partial charge in [-0.25, -0.2) is 0 Å². The van der Waals surface area contributed by atoms with Crippen molar-refractivity contribution < 1.29 is 14.2 Å². The van der Waals surface area contributed by atoms with Crippen molar-refractivity contribution in [1.82, 2.24) is 10.1 Å². The molecule has 1 amide bonds. The number of hydrogen-bond acceptors (Lipinski definition) is 3. The van der Waals surface area contributed by atoms with E-state index in [2.05, 4.69) is 12.2 Å². The molecule has 3 rings (SSSR count). The second-order valence-electron chi connectivity index (χ2n) is 5.69. The van der Waals surface area contributed by atoms with Gasteiger partial charge in [-0.3, -0.25) is 4.79 Å². The average Bonchev–Trinajstić information content (AvgIpc) is 2.89. The largest absolute Gasteiger partial charge is 0.360 e. The molecule has 1 fully saturated rings. The number of piperazine rings is 1. The summed E-state index contributed by atoms with van der Waals surface area (Å²) in [4.78, 5) is 16.2. The first-order chi connectivity index (χ1) is 10.6. The van der Waals surface area contributed by atoms with E-state index in [0.717, 1.165) is 31.7 Å². The number of halogens is 1. The minimum Gasteiger partial charge on any atom is -0.360 e. The monoisotopic (exact) mass is 320 g/mol. The Morgan fingerprint density at radius 1 is 1.32 bits per heavy atom. The number of nitrogens with one attached hydrogen (secondary N) is 1. The van der Waals surface area contributed by atoms with E-state index in [1.54, 1.807) is 13.0 Å². The topological polar surface area (TPSA) is 50.8 Å². The van der Waals surface area contributed by atoms with E-state index >= 15 is 0 Å². The summed E-state index contributed by atoms with van der Waals surface area (Å²) in [5.41, 5.74) is 1.77. The maximum Gasteiger partial charge on any atom is 0.260 e. The zero-order valence-corrected chi connectivity index (χ0v) is 13.5. The number of carbonyl (C=O) groups excluding carboxylic acids is 1. The molecule has 0 spiro atoms. The minimum absolute atomic E-state index is 0.0267. The zero-order chi connectivity index (χ0) is 15.7. The lowest BCUT2D eigenvalue weighted by molar-refractivity contribution is -0.883. The molecule has 1 aliphatic heterocycles. The van der Waals surface area contributed by atoms with Crippen LogP contribution in [0.2, 0.25) is 5.02 Å². The van der Waals surface area contributed by atoms with Crippen LogP contribution in [0.25, 0.3) is 11.3 Å². The molecular formula is C16H19ClN3O2+. The lowest BCUT2D eigenvalue weighted by atomic mass is 10.0. The second-order valence-corrected chi connectivity index (χ2v) is 6.10. The first kappa shape index (κ1) is 15.1. The van der Waals surface area contributed by atoms with Gasteiger partial charge in [-0.05, 0) is 13.0 Å². The third-order valence-corrected chi connectivity index (χ3v) is 4.44. The maximum absolute atomic E-state index is 12.9. The van der Waals surface area contributed by atoms with Crippen LogP contribution < -0.4 is 4.90 Å². The van der Waals surface area contributed by atoms with Gasteiger partial charge in [0.05, 0.1) is 38.2 Å². The van der Waals surface area contributed by atoms with Gasteiger partial charge in [-0.2, -0.15) is 0 Å². The van der Waals surface area contributed by atoms with Gasteiger partial charge < -0.3 is 14.3 Å². The molecule has 5 nitrogen and oxygen atoms in total. The molecule has 2 heterocycles. The Hall–Kier alpha value is -1.85.